The van der Waals surface area contributed by atoms with Gasteiger partial charge in [0.1, 0.15) is 12.3 Å². The van der Waals surface area contributed by atoms with Crippen LogP contribution in [0.3, 0.4) is 0 Å². The fourth-order valence-corrected chi connectivity index (χ4v) is 6.32. The van der Waals surface area contributed by atoms with Crippen molar-refractivity contribution >= 4 is 24.0 Å². The normalized spacial score (nSPS) is 21.5. The SMILES string of the molecule is O=C[C@H](C[C@H]1CCNC1=O)NC(=O)[C@@H](CC1CCCCC1)NC(=O)C1(O)c2ccccc2-c2ccccc21. The number of hydrogen-bond donors (Lipinski definition) is 4. The van der Waals surface area contributed by atoms with Crippen molar-refractivity contribution < 1.29 is 24.3 Å². The van der Waals surface area contributed by atoms with Gasteiger partial charge in [-0.15, -0.1) is 0 Å². The Morgan fingerprint density at radius 1 is 0.947 bits per heavy atom. The Kier molecular flexibility index (Phi) is 7.61. The van der Waals surface area contributed by atoms with Crippen molar-refractivity contribution in [3.05, 3.63) is 59.7 Å². The van der Waals surface area contributed by atoms with Crippen LogP contribution in [0, 0.1) is 11.8 Å². The molecule has 0 radical (unpaired) electrons. The van der Waals surface area contributed by atoms with Crippen LogP contribution in [-0.2, 0) is 24.8 Å². The van der Waals surface area contributed by atoms with Crippen LogP contribution in [0.15, 0.2) is 48.5 Å². The van der Waals surface area contributed by atoms with Crippen LogP contribution < -0.4 is 16.0 Å². The van der Waals surface area contributed by atoms with E-state index in [0.29, 0.717) is 36.8 Å². The molecule has 1 saturated carbocycles. The maximum atomic E-state index is 13.9. The number of aldehydes is 1. The molecule has 3 atom stereocenters. The van der Waals surface area contributed by atoms with Gasteiger partial charge in [0.15, 0.2) is 5.60 Å². The van der Waals surface area contributed by atoms with E-state index in [1.807, 2.05) is 24.3 Å². The highest BCUT2D eigenvalue weighted by molar-refractivity contribution is 6.00. The maximum Gasteiger partial charge on any atom is 0.262 e. The van der Waals surface area contributed by atoms with Gasteiger partial charge in [0.05, 0.1) is 6.04 Å². The average molecular weight is 518 g/mol. The monoisotopic (exact) mass is 517 g/mol. The fraction of sp³-hybridized carbons (Fsp3) is 0.467. The molecule has 8 nitrogen and oxygen atoms in total. The Morgan fingerprint density at radius 2 is 1.58 bits per heavy atom. The van der Waals surface area contributed by atoms with Gasteiger partial charge in [-0.2, -0.15) is 0 Å². The van der Waals surface area contributed by atoms with E-state index in [0.717, 1.165) is 43.2 Å². The molecule has 8 heteroatoms. The van der Waals surface area contributed by atoms with Gasteiger partial charge in [-0.1, -0.05) is 80.6 Å². The zero-order valence-corrected chi connectivity index (χ0v) is 21.4. The predicted octanol–water partition coefficient (Wildman–Crippen LogP) is 2.57. The minimum atomic E-state index is -1.94. The van der Waals surface area contributed by atoms with Gasteiger partial charge in [-0.3, -0.25) is 14.4 Å². The summed E-state index contributed by atoms with van der Waals surface area (Å²) in [5.74, 6) is -1.32. The lowest BCUT2D eigenvalue weighted by Gasteiger charge is -2.31. The molecule has 38 heavy (non-hydrogen) atoms. The van der Waals surface area contributed by atoms with Crippen molar-refractivity contribution in [2.75, 3.05) is 6.54 Å². The van der Waals surface area contributed by atoms with Crippen molar-refractivity contribution in [2.45, 2.75) is 69.1 Å². The van der Waals surface area contributed by atoms with Gasteiger partial charge in [-0.25, -0.2) is 0 Å². The lowest BCUT2D eigenvalue weighted by molar-refractivity contribution is -0.140. The molecule has 3 amide bonds. The molecular formula is C30H35N3O5. The van der Waals surface area contributed by atoms with Crippen LogP contribution in [0.5, 0.6) is 0 Å². The molecule has 0 aromatic heterocycles. The molecule has 0 unspecified atom stereocenters. The number of rotatable bonds is 9. The smallest absolute Gasteiger partial charge is 0.262 e. The first-order valence-electron chi connectivity index (χ1n) is 13.7. The minimum absolute atomic E-state index is 0.112. The van der Waals surface area contributed by atoms with E-state index in [4.69, 9.17) is 0 Å². The minimum Gasteiger partial charge on any atom is -0.372 e. The Balaban J connectivity index is 1.38. The Bertz CT molecular complexity index is 1180. The van der Waals surface area contributed by atoms with Crippen LogP contribution in [0.2, 0.25) is 0 Å². The summed E-state index contributed by atoms with van der Waals surface area (Å²) in [6, 6.07) is 12.8. The van der Waals surface area contributed by atoms with Crippen LogP contribution in [0.25, 0.3) is 11.1 Å². The number of aliphatic hydroxyl groups is 1. The van der Waals surface area contributed by atoms with E-state index in [1.165, 1.54) is 0 Å². The van der Waals surface area contributed by atoms with E-state index in [2.05, 4.69) is 16.0 Å². The highest BCUT2D eigenvalue weighted by Gasteiger charge is 2.48. The van der Waals surface area contributed by atoms with E-state index >= 15 is 0 Å². The zero-order chi connectivity index (χ0) is 26.7. The summed E-state index contributed by atoms with van der Waals surface area (Å²) < 4.78 is 0. The fourth-order valence-electron chi connectivity index (χ4n) is 6.32. The summed E-state index contributed by atoms with van der Waals surface area (Å²) >= 11 is 0. The Hall–Kier alpha value is -3.52. The maximum absolute atomic E-state index is 13.9. The third-order valence-electron chi connectivity index (χ3n) is 8.36. The molecule has 2 aromatic rings. The first-order valence-corrected chi connectivity index (χ1v) is 13.7. The van der Waals surface area contributed by atoms with Gasteiger partial charge in [0.25, 0.3) is 5.91 Å². The molecule has 2 aromatic carbocycles. The summed E-state index contributed by atoms with van der Waals surface area (Å²) in [5, 5.41) is 20.3. The second kappa shape index (κ2) is 11.1. The lowest BCUT2D eigenvalue weighted by Crippen LogP contribution is -2.55. The van der Waals surface area contributed by atoms with E-state index < -0.39 is 29.5 Å². The Labute approximate surface area is 222 Å². The zero-order valence-electron chi connectivity index (χ0n) is 21.4. The van der Waals surface area contributed by atoms with Crippen LogP contribution >= 0.6 is 0 Å². The summed E-state index contributed by atoms with van der Waals surface area (Å²) in [6.07, 6.45) is 7.15. The van der Waals surface area contributed by atoms with Crippen molar-refractivity contribution in [3.8, 4) is 11.1 Å². The molecule has 1 aliphatic heterocycles. The molecule has 1 saturated heterocycles. The summed E-state index contributed by atoms with van der Waals surface area (Å²) in [4.78, 5) is 51.2. The first-order chi connectivity index (χ1) is 18.4. The average Bonchev–Trinajstić information content (AvgIpc) is 3.47. The Morgan fingerprint density at radius 3 is 2.16 bits per heavy atom. The molecule has 1 heterocycles. The molecule has 4 N–H and O–H groups in total. The second-order valence-electron chi connectivity index (χ2n) is 10.8. The van der Waals surface area contributed by atoms with Crippen molar-refractivity contribution in [1.82, 2.24) is 16.0 Å². The number of carbonyl (C=O) groups is 4. The topological polar surface area (TPSA) is 125 Å². The number of hydrogen-bond acceptors (Lipinski definition) is 5. The molecule has 200 valence electrons. The molecule has 0 spiro atoms. The third-order valence-corrected chi connectivity index (χ3v) is 8.36. The van der Waals surface area contributed by atoms with Gasteiger partial charge >= 0.3 is 0 Å². The van der Waals surface area contributed by atoms with Gasteiger partial charge in [-0.05, 0) is 36.3 Å². The molecule has 2 fully saturated rings. The van der Waals surface area contributed by atoms with E-state index in [-0.39, 0.29) is 24.2 Å². The molecular weight excluding hydrogens is 482 g/mol. The number of nitrogens with one attached hydrogen (secondary N) is 3. The molecule has 0 bridgehead atoms. The first kappa shape index (κ1) is 26.1. The lowest BCUT2D eigenvalue weighted by atomic mass is 9.84. The number of benzene rings is 2. The van der Waals surface area contributed by atoms with Gasteiger partial charge < -0.3 is 25.9 Å². The van der Waals surface area contributed by atoms with E-state index in [1.54, 1.807) is 24.3 Å². The number of amides is 3. The standard InChI is InChI=1S/C30H35N3O5/c34-18-21(17-20-14-15-31-27(20)35)32-28(36)26(16-19-8-2-1-3-9-19)33-29(37)30(38)24-12-6-4-10-22(24)23-11-5-7-13-25(23)30/h4-7,10-13,18-21,26,38H,1-3,8-9,14-17H2,(H,31,35)(H,32,36)(H,33,37)/t20-,21+,26-/m1/s1. The highest BCUT2D eigenvalue weighted by atomic mass is 16.3. The highest BCUT2D eigenvalue weighted by Crippen LogP contribution is 2.47. The molecule has 5 rings (SSSR count). The molecule has 3 aliphatic rings. The van der Waals surface area contributed by atoms with E-state index in [9.17, 15) is 24.3 Å². The van der Waals surface area contributed by atoms with Crippen molar-refractivity contribution in [2.24, 2.45) is 11.8 Å². The van der Waals surface area contributed by atoms with Crippen molar-refractivity contribution in [3.63, 3.8) is 0 Å². The quantitative estimate of drug-likeness (QED) is 0.381. The van der Waals surface area contributed by atoms with Gasteiger partial charge in [0, 0.05) is 23.6 Å². The van der Waals surface area contributed by atoms with Crippen LogP contribution in [-0.4, -0.2) is 47.7 Å². The van der Waals surface area contributed by atoms with Crippen molar-refractivity contribution in [1.29, 1.82) is 0 Å². The summed E-state index contributed by atoms with van der Waals surface area (Å²) in [7, 11) is 0. The number of fused-ring (bicyclic) bond motifs is 3. The second-order valence-corrected chi connectivity index (χ2v) is 10.8. The third kappa shape index (κ3) is 4.97. The number of carbonyl (C=O) groups excluding carboxylic acids is 4. The van der Waals surface area contributed by atoms with Crippen LogP contribution in [0.4, 0.5) is 0 Å². The largest absolute Gasteiger partial charge is 0.372 e. The van der Waals surface area contributed by atoms with Crippen LogP contribution in [0.1, 0.15) is 62.5 Å². The summed E-state index contributed by atoms with van der Waals surface area (Å²) in [6.45, 7) is 0.560. The summed E-state index contributed by atoms with van der Waals surface area (Å²) in [5.41, 5.74) is 0.585. The predicted molar refractivity (Wildman–Crippen MR) is 142 cm³/mol. The molecule has 2 aliphatic carbocycles. The van der Waals surface area contributed by atoms with Gasteiger partial charge in [0.2, 0.25) is 11.8 Å².